The van der Waals surface area contributed by atoms with Crippen LogP contribution >= 0.6 is 0 Å². The molecule has 0 spiro atoms. The molecule has 2 aliphatic carbocycles. The smallest absolute Gasteiger partial charge is 0.330 e. The average Bonchev–Trinajstić information content (AvgIpc) is 3.12. The van der Waals surface area contributed by atoms with Crippen LogP contribution in [0.2, 0.25) is 0 Å². The van der Waals surface area contributed by atoms with Crippen LogP contribution in [0.1, 0.15) is 38.5 Å². The van der Waals surface area contributed by atoms with Crippen molar-refractivity contribution in [1.82, 2.24) is 0 Å². The molecule has 0 bridgehead atoms. The van der Waals surface area contributed by atoms with Crippen LogP contribution in [0, 0.1) is 11.8 Å². The maximum absolute atomic E-state index is 10.5. The van der Waals surface area contributed by atoms with E-state index in [1.165, 1.54) is 38.9 Å². The minimum absolute atomic E-state index is 0.249. The van der Waals surface area contributed by atoms with E-state index in [-0.39, 0.29) is 5.97 Å². The van der Waals surface area contributed by atoms with Gasteiger partial charge in [-0.1, -0.05) is 18.9 Å². The fourth-order valence-corrected chi connectivity index (χ4v) is 1.37. The summed E-state index contributed by atoms with van der Waals surface area (Å²) in [5, 5.41) is 8.28. The van der Waals surface area contributed by atoms with Crippen LogP contribution in [0.3, 0.4) is 0 Å². The summed E-state index contributed by atoms with van der Waals surface area (Å²) in [7, 11) is 1.39. The van der Waals surface area contributed by atoms with E-state index in [0.29, 0.717) is 6.61 Å². The molecule has 0 aliphatic heterocycles. The number of allylic oxidation sites excluding steroid dienone is 1. The van der Waals surface area contributed by atoms with Crippen molar-refractivity contribution in [1.29, 1.82) is 0 Å². The molecule has 2 fully saturated rings. The van der Waals surface area contributed by atoms with Crippen LogP contribution in [0.15, 0.2) is 12.2 Å². The minimum atomic E-state index is -0.249. The Morgan fingerprint density at radius 1 is 1.31 bits per heavy atom. The average molecular weight is 226 g/mol. The van der Waals surface area contributed by atoms with Crippen molar-refractivity contribution in [2.45, 2.75) is 38.5 Å². The van der Waals surface area contributed by atoms with Gasteiger partial charge in [-0.05, 0) is 37.5 Å². The molecular weight excluding hydrogens is 204 g/mol. The lowest BCUT2D eigenvalue weighted by Crippen LogP contribution is -1.93. The number of ether oxygens (including phenoxy) is 1. The summed E-state index contributed by atoms with van der Waals surface area (Å²) in [6, 6.07) is 0. The highest BCUT2D eigenvalue weighted by Gasteiger charge is 2.19. The van der Waals surface area contributed by atoms with Gasteiger partial charge in [0.25, 0.3) is 0 Å². The highest BCUT2D eigenvalue weighted by molar-refractivity contribution is 5.81. The number of esters is 1. The Kier molecular flexibility index (Phi) is 6.16. The fourth-order valence-electron chi connectivity index (χ4n) is 1.37. The lowest BCUT2D eigenvalue weighted by molar-refractivity contribution is -0.134. The highest BCUT2D eigenvalue weighted by Crippen LogP contribution is 2.32. The van der Waals surface area contributed by atoms with Crippen molar-refractivity contribution in [3.8, 4) is 0 Å². The Morgan fingerprint density at radius 3 is 2.31 bits per heavy atom. The summed E-state index contributed by atoms with van der Waals surface area (Å²) in [4.78, 5) is 10.5. The van der Waals surface area contributed by atoms with Gasteiger partial charge in [-0.15, -0.1) is 0 Å². The third-order valence-corrected chi connectivity index (χ3v) is 2.86. The second-order valence-corrected chi connectivity index (χ2v) is 4.56. The molecule has 0 radical (unpaired) electrons. The molecule has 92 valence electrons. The first kappa shape index (κ1) is 13.2. The molecule has 0 aromatic carbocycles. The van der Waals surface area contributed by atoms with Gasteiger partial charge in [-0.3, -0.25) is 0 Å². The van der Waals surface area contributed by atoms with Gasteiger partial charge in [0, 0.05) is 12.7 Å². The number of aliphatic hydroxyl groups excluding tert-OH is 1. The first-order chi connectivity index (χ1) is 7.76. The van der Waals surface area contributed by atoms with Gasteiger partial charge in [0.15, 0.2) is 0 Å². The van der Waals surface area contributed by atoms with Crippen molar-refractivity contribution in [2.24, 2.45) is 11.8 Å². The zero-order valence-corrected chi connectivity index (χ0v) is 10.0. The summed E-state index contributed by atoms with van der Waals surface area (Å²) in [5.74, 6) is 1.50. The van der Waals surface area contributed by atoms with E-state index < -0.39 is 0 Å². The number of methoxy groups -OCH3 is 1. The zero-order chi connectivity index (χ0) is 11.8. The predicted molar refractivity (Wildman–Crippen MR) is 62.9 cm³/mol. The number of hydrogen-bond donors (Lipinski definition) is 1. The number of hydrogen-bond acceptors (Lipinski definition) is 3. The van der Waals surface area contributed by atoms with Crippen LogP contribution in [-0.4, -0.2) is 24.8 Å². The number of rotatable bonds is 5. The molecule has 2 rings (SSSR count). The largest absolute Gasteiger partial charge is 0.466 e. The third kappa shape index (κ3) is 7.46. The maximum atomic E-state index is 10.5. The molecule has 0 aromatic heterocycles. The molecule has 3 nitrogen and oxygen atoms in total. The number of aliphatic hydroxyl groups is 1. The van der Waals surface area contributed by atoms with E-state index in [1.54, 1.807) is 0 Å². The lowest BCUT2D eigenvalue weighted by Gasteiger charge is -1.88. The molecule has 0 amide bonds. The second kappa shape index (κ2) is 7.44. The molecule has 0 unspecified atom stereocenters. The molecule has 0 saturated heterocycles. The fraction of sp³-hybridized carbons (Fsp3) is 0.769. The van der Waals surface area contributed by atoms with E-state index in [4.69, 9.17) is 5.11 Å². The summed E-state index contributed by atoms with van der Waals surface area (Å²) in [6.45, 7) is 0.394. The molecule has 3 heteroatoms. The van der Waals surface area contributed by atoms with Crippen LogP contribution in [0.25, 0.3) is 0 Å². The van der Waals surface area contributed by atoms with Gasteiger partial charge in [0.05, 0.1) is 7.11 Å². The second-order valence-electron chi connectivity index (χ2n) is 4.56. The first-order valence-corrected chi connectivity index (χ1v) is 6.11. The summed E-state index contributed by atoms with van der Waals surface area (Å²) >= 11 is 0. The molecule has 0 heterocycles. The summed E-state index contributed by atoms with van der Waals surface area (Å²) in [6.07, 6.45) is 10.8. The monoisotopic (exact) mass is 226 g/mol. The van der Waals surface area contributed by atoms with Crippen molar-refractivity contribution >= 4 is 5.97 Å². The molecule has 2 saturated carbocycles. The van der Waals surface area contributed by atoms with Crippen LogP contribution in [0.5, 0.6) is 0 Å². The molecule has 1 N–H and O–H groups in total. The van der Waals surface area contributed by atoms with Gasteiger partial charge >= 0.3 is 5.97 Å². The Labute approximate surface area is 97.5 Å². The number of carbonyl (C=O) groups excluding carboxylic acids is 1. The van der Waals surface area contributed by atoms with E-state index in [0.717, 1.165) is 24.7 Å². The Bertz CT molecular complexity index is 227. The van der Waals surface area contributed by atoms with Crippen molar-refractivity contribution in [3.05, 3.63) is 12.2 Å². The lowest BCUT2D eigenvalue weighted by atomic mass is 10.3. The summed E-state index contributed by atoms with van der Waals surface area (Å²) in [5.41, 5.74) is 0. The van der Waals surface area contributed by atoms with Gasteiger partial charge in [0.2, 0.25) is 0 Å². The molecule has 0 atom stereocenters. The predicted octanol–water partition coefficient (Wildman–Crippen LogP) is 2.29. The van der Waals surface area contributed by atoms with Gasteiger partial charge in [-0.25, -0.2) is 4.79 Å². The quantitative estimate of drug-likeness (QED) is 0.578. The first-order valence-electron chi connectivity index (χ1n) is 6.11. The maximum Gasteiger partial charge on any atom is 0.330 e. The molecular formula is C13H22O3. The van der Waals surface area contributed by atoms with Crippen LogP contribution in [0.4, 0.5) is 0 Å². The Hall–Kier alpha value is -0.830. The van der Waals surface area contributed by atoms with Crippen molar-refractivity contribution in [2.75, 3.05) is 13.7 Å². The normalized spacial score (nSPS) is 19.1. The van der Waals surface area contributed by atoms with E-state index >= 15 is 0 Å². The van der Waals surface area contributed by atoms with Crippen LogP contribution < -0.4 is 0 Å². The van der Waals surface area contributed by atoms with Crippen LogP contribution in [-0.2, 0) is 9.53 Å². The zero-order valence-electron chi connectivity index (χ0n) is 10.0. The summed E-state index contributed by atoms with van der Waals surface area (Å²) < 4.78 is 4.43. The number of carbonyl (C=O) groups is 1. The minimum Gasteiger partial charge on any atom is -0.466 e. The Balaban J connectivity index is 0.000000181. The molecule has 2 aliphatic rings. The van der Waals surface area contributed by atoms with E-state index in [1.807, 2.05) is 6.08 Å². The third-order valence-electron chi connectivity index (χ3n) is 2.86. The van der Waals surface area contributed by atoms with Crippen molar-refractivity contribution < 1.29 is 14.6 Å². The van der Waals surface area contributed by atoms with E-state index in [2.05, 4.69) is 4.74 Å². The molecule has 16 heavy (non-hydrogen) atoms. The Morgan fingerprint density at radius 2 is 1.94 bits per heavy atom. The topological polar surface area (TPSA) is 46.5 Å². The van der Waals surface area contributed by atoms with E-state index in [9.17, 15) is 4.79 Å². The SMILES string of the molecule is COC(=O)/C=C/CC1CC1.OCCC1CC1. The van der Waals surface area contributed by atoms with Crippen molar-refractivity contribution in [3.63, 3.8) is 0 Å². The standard InChI is InChI=1S/C8H12O2.C5H10O/c1-10-8(9)4-2-3-7-5-6-7;6-4-3-5-1-2-5/h2,4,7H,3,5-6H2,1H3;5-6H,1-4H2/b4-2+;. The van der Waals surface area contributed by atoms with Gasteiger partial charge < -0.3 is 9.84 Å². The molecule has 0 aromatic rings. The highest BCUT2D eigenvalue weighted by atomic mass is 16.5. The van der Waals surface area contributed by atoms with Gasteiger partial charge in [0.1, 0.15) is 0 Å². The van der Waals surface area contributed by atoms with Gasteiger partial charge in [-0.2, -0.15) is 0 Å².